The van der Waals surface area contributed by atoms with Gasteiger partial charge >= 0.3 is 0 Å². The first-order chi connectivity index (χ1) is 9.28. The standard InChI is InChI=1S/C13H19N5O/c1-14-6-10-7-15-13(16-8-10)17-4-5-18-11(9-17)2-3-12(18)19/h7-8,11,14H,2-6,9H2,1H3. The fourth-order valence-corrected chi connectivity index (χ4v) is 2.85. The van der Waals surface area contributed by atoms with Gasteiger partial charge in [-0.2, -0.15) is 0 Å². The molecule has 2 aliphatic rings. The van der Waals surface area contributed by atoms with E-state index in [-0.39, 0.29) is 0 Å². The lowest BCUT2D eigenvalue weighted by molar-refractivity contribution is -0.129. The van der Waals surface area contributed by atoms with Gasteiger partial charge in [-0.3, -0.25) is 4.79 Å². The maximum atomic E-state index is 11.6. The number of amides is 1. The number of aromatic nitrogens is 2. The Labute approximate surface area is 112 Å². The third kappa shape index (κ3) is 2.40. The van der Waals surface area contributed by atoms with Gasteiger partial charge in [0.05, 0.1) is 0 Å². The van der Waals surface area contributed by atoms with Crippen LogP contribution in [-0.2, 0) is 11.3 Å². The third-order valence-corrected chi connectivity index (χ3v) is 3.85. The highest BCUT2D eigenvalue weighted by Crippen LogP contribution is 2.24. The molecule has 1 aromatic heterocycles. The van der Waals surface area contributed by atoms with Gasteiger partial charge in [0.2, 0.25) is 11.9 Å². The van der Waals surface area contributed by atoms with Gasteiger partial charge < -0.3 is 15.1 Å². The Morgan fingerprint density at radius 3 is 2.89 bits per heavy atom. The largest absolute Gasteiger partial charge is 0.337 e. The highest BCUT2D eigenvalue weighted by Gasteiger charge is 2.36. The smallest absolute Gasteiger partial charge is 0.225 e. The van der Waals surface area contributed by atoms with Gasteiger partial charge in [-0.25, -0.2) is 9.97 Å². The monoisotopic (exact) mass is 261 g/mol. The Morgan fingerprint density at radius 1 is 1.37 bits per heavy atom. The van der Waals surface area contributed by atoms with Crippen LogP contribution in [0.3, 0.4) is 0 Å². The maximum Gasteiger partial charge on any atom is 0.225 e. The predicted octanol–water partition coefficient (Wildman–Crippen LogP) is 0.00700. The van der Waals surface area contributed by atoms with Gasteiger partial charge in [-0.15, -0.1) is 0 Å². The number of hydrogen-bond acceptors (Lipinski definition) is 5. The van der Waals surface area contributed by atoms with Crippen molar-refractivity contribution in [2.24, 2.45) is 0 Å². The molecule has 6 heteroatoms. The molecule has 3 heterocycles. The zero-order valence-electron chi connectivity index (χ0n) is 11.2. The summed E-state index contributed by atoms with van der Waals surface area (Å²) in [6.45, 7) is 3.26. The molecule has 2 aliphatic heterocycles. The van der Waals surface area contributed by atoms with Crippen LogP contribution >= 0.6 is 0 Å². The lowest BCUT2D eigenvalue weighted by Gasteiger charge is -2.37. The first-order valence-electron chi connectivity index (χ1n) is 6.78. The number of anilines is 1. The Hall–Kier alpha value is -1.69. The van der Waals surface area contributed by atoms with Crippen molar-refractivity contribution in [2.45, 2.75) is 25.4 Å². The molecule has 1 atom stereocenters. The average molecular weight is 261 g/mol. The number of rotatable bonds is 3. The number of nitrogens with one attached hydrogen (secondary N) is 1. The Balaban J connectivity index is 1.68. The van der Waals surface area contributed by atoms with Crippen LogP contribution in [0.25, 0.3) is 0 Å². The Kier molecular flexibility index (Phi) is 3.33. The van der Waals surface area contributed by atoms with Crippen molar-refractivity contribution in [3.8, 4) is 0 Å². The maximum absolute atomic E-state index is 11.6. The number of nitrogens with zero attached hydrogens (tertiary/aromatic N) is 4. The first kappa shape index (κ1) is 12.3. The molecule has 1 unspecified atom stereocenters. The van der Waals surface area contributed by atoms with Crippen LogP contribution in [0.1, 0.15) is 18.4 Å². The minimum atomic E-state index is 0.301. The van der Waals surface area contributed by atoms with Crippen LogP contribution in [-0.4, -0.2) is 53.5 Å². The van der Waals surface area contributed by atoms with Gasteiger partial charge in [0.25, 0.3) is 0 Å². The lowest BCUT2D eigenvalue weighted by Crippen LogP contribution is -2.52. The summed E-state index contributed by atoms with van der Waals surface area (Å²) in [7, 11) is 1.91. The van der Waals surface area contributed by atoms with Crippen molar-refractivity contribution in [1.29, 1.82) is 0 Å². The molecule has 0 saturated carbocycles. The second-order valence-electron chi connectivity index (χ2n) is 5.15. The topological polar surface area (TPSA) is 61.4 Å². The number of hydrogen-bond donors (Lipinski definition) is 1. The summed E-state index contributed by atoms with van der Waals surface area (Å²) >= 11 is 0. The van der Waals surface area contributed by atoms with Crippen LogP contribution in [0, 0.1) is 0 Å². The Bertz CT molecular complexity index is 461. The predicted molar refractivity (Wildman–Crippen MR) is 71.7 cm³/mol. The molecular formula is C13H19N5O. The third-order valence-electron chi connectivity index (χ3n) is 3.85. The molecule has 102 valence electrons. The molecule has 0 bridgehead atoms. The normalized spacial score (nSPS) is 22.8. The molecule has 6 nitrogen and oxygen atoms in total. The summed E-state index contributed by atoms with van der Waals surface area (Å²) in [5, 5.41) is 3.08. The fraction of sp³-hybridized carbons (Fsp3) is 0.615. The summed E-state index contributed by atoms with van der Waals surface area (Å²) in [5.41, 5.74) is 1.08. The number of piperazine rings is 1. The van der Waals surface area contributed by atoms with Crippen molar-refractivity contribution >= 4 is 11.9 Å². The van der Waals surface area contributed by atoms with Gasteiger partial charge in [0.1, 0.15) is 0 Å². The van der Waals surface area contributed by atoms with Crippen LogP contribution < -0.4 is 10.2 Å². The molecule has 0 aromatic carbocycles. The molecule has 1 amide bonds. The SMILES string of the molecule is CNCc1cnc(N2CCN3C(=O)CCC3C2)nc1. The number of carbonyl (C=O) groups is 1. The van der Waals surface area contributed by atoms with Crippen molar-refractivity contribution in [3.05, 3.63) is 18.0 Å². The van der Waals surface area contributed by atoms with E-state index in [2.05, 4.69) is 20.2 Å². The van der Waals surface area contributed by atoms with Crippen LogP contribution in [0.4, 0.5) is 5.95 Å². The van der Waals surface area contributed by atoms with E-state index in [1.54, 1.807) is 0 Å². The number of carbonyl (C=O) groups excluding carboxylic acids is 1. The van der Waals surface area contributed by atoms with Crippen molar-refractivity contribution in [1.82, 2.24) is 20.2 Å². The summed E-state index contributed by atoms with van der Waals surface area (Å²) in [5.74, 6) is 1.08. The zero-order chi connectivity index (χ0) is 13.2. The van der Waals surface area contributed by atoms with E-state index >= 15 is 0 Å². The van der Waals surface area contributed by atoms with E-state index in [9.17, 15) is 4.79 Å². The molecule has 1 N–H and O–H groups in total. The van der Waals surface area contributed by atoms with Gasteiger partial charge in [0.15, 0.2) is 0 Å². The molecule has 2 fully saturated rings. The minimum absolute atomic E-state index is 0.301. The lowest BCUT2D eigenvalue weighted by atomic mass is 10.1. The first-order valence-corrected chi connectivity index (χ1v) is 6.78. The summed E-state index contributed by atoms with van der Waals surface area (Å²) < 4.78 is 0. The van der Waals surface area contributed by atoms with Crippen molar-refractivity contribution in [2.75, 3.05) is 31.6 Å². The van der Waals surface area contributed by atoms with E-state index < -0.39 is 0 Å². The zero-order valence-corrected chi connectivity index (χ0v) is 11.2. The van der Waals surface area contributed by atoms with E-state index in [1.165, 1.54) is 0 Å². The number of fused-ring (bicyclic) bond motifs is 1. The summed E-state index contributed by atoms with van der Waals surface area (Å²) in [4.78, 5) is 24.7. The summed E-state index contributed by atoms with van der Waals surface area (Å²) in [6, 6.07) is 0.349. The highest BCUT2D eigenvalue weighted by atomic mass is 16.2. The van der Waals surface area contributed by atoms with Crippen molar-refractivity contribution < 1.29 is 4.79 Å². The van der Waals surface area contributed by atoms with E-state index in [4.69, 9.17) is 0 Å². The average Bonchev–Trinajstić information content (AvgIpc) is 2.81. The van der Waals surface area contributed by atoms with E-state index in [0.717, 1.165) is 44.1 Å². The van der Waals surface area contributed by atoms with Crippen LogP contribution in [0.15, 0.2) is 12.4 Å². The Morgan fingerprint density at radius 2 is 2.16 bits per heavy atom. The van der Waals surface area contributed by atoms with Crippen LogP contribution in [0.2, 0.25) is 0 Å². The van der Waals surface area contributed by atoms with Crippen molar-refractivity contribution in [3.63, 3.8) is 0 Å². The minimum Gasteiger partial charge on any atom is -0.337 e. The van der Waals surface area contributed by atoms with E-state index in [1.807, 2.05) is 24.3 Å². The molecule has 0 aliphatic carbocycles. The quantitative estimate of drug-likeness (QED) is 0.830. The fourth-order valence-electron chi connectivity index (χ4n) is 2.85. The summed E-state index contributed by atoms with van der Waals surface area (Å²) in [6.07, 6.45) is 5.39. The van der Waals surface area contributed by atoms with E-state index in [0.29, 0.717) is 18.4 Å². The molecule has 0 spiro atoms. The second kappa shape index (κ2) is 5.13. The second-order valence-corrected chi connectivity index (χ2v) is 5.15. The molecular weight excluding hydrogens is 242 g/mol. The van der Waals surface area contributed by atoms with Gasteiger partial charge in [-0.05, 0) is 13.5 Å². The van der Waals surface area contributed by atoms with Crippen LogP contribution in [0.5, 0.6) is 0 Å². The van der Waals surface area contributed by atoms with Gasteiger partial charge in [-0.1, -0.05) is 0 Å². The molecule has 2 saturated heterocycles. The highest BCUT2D eigenvalue weighted by molar-refractivity contribution is 5.79. The molecule has 1 aromatic rings. The van der Waals surface area contributed by atoms with Gasteiger partial charge in [0, 0.05) is 56.6 Å². The molecule has 19 heavy (non-hydrogen) atoms. The molecule has 3 rings (SSSR count). The molecule has 0 radical (unpaired) electrons.